The minimum absolute atomic E-state index is 0.212. The number of hydrogen-bond acceptors (Lipinski definition) is 4. The molecule has 0 saturated carbocycles. The van der Waals surface area contributed by atoms with Gasteiger partial charge in [0.05, 0.1) is 17.8 Å². The second kappa shape index (κ2) is 3.88. The maximum atomic E-state index is 10.9. The highest BCUT2D eigenvalue weighted by molar-refractivity contribution is 8.14. The molecule has 2 heterocycles. The van der Waals surface area contributed by atoms with Crippen LogP contribution in [0.3, 0.4) is 0 Å². The molecule has 1 aliphatic heterocycles. The van der Waals surface area contributed by atoms with Crippen molar-refractivity contribution in [2.24, 2.45) is 4.99 Å². The van der Waals surface area contributed by atoms with Crippen LogP contribution in [0.15, 0.2) is 28.2 Å². The fourth-order valence-corrected chi connectivity index (χ4v) is 2.08. The first kappa shape index (κ1) is 9.33. The van der Waals surface area contributed by atoms with Crippen LogP contribution >= 0.6 is 11.8 Å². The maximum absolute atomic E-state index is 10.9. The highest BCUT2D eigenvalue weighted by atomic mass is 32.2. The molecular formula is C9H10N2O2S. The van der Waals surface area contributed by atoms with Crippen LogP contribution in [0.25, 0.3) is 0 Å². The van der Waals surface area contributed by atoms with E-state index in [1.54, 1.807) is 22.5 Å². The fourth-order valence-electron chi connectivity index (χ4n) is 1.24. The van der Waals surface area contributed by atoms with E-state index < -0.39 is 0 Å². The zero-order chi connectivity index (χ0) is 9.97. The lowest BCUT2D eigenvalue weighted by atomic mass is 10.4. The number of aromatic nitrogens is 1. The fraction of sp³-hybridized carbons (Fsp3) is 0.333. The predicted octanol–water partition coefficient (Wildman–Crippen LogP) is 0.699. The third-order valence-electron chi connectivity index (χ3n) is 1.92. The normalized spacial score (nSPS) is 15.6. The molecule has 1 N–H and O–H groups in total. The van der Waals surface area contributed by atoms with Gasteiger partial charge in [-0.1, -0.05) is 0 Å². The SMILES string of the molecule is O=c1ccn(CC2=NCCS2)cc1O. The van der Waals surface area contributed by atoms with Gasteiger partial charge in [-0.05, 0) is 0 Å². The second-order valence-electron chi connectivity index (χ2n) is 2.99. The first-order chi connectivity index (χ1) is 6.75. The maximum Gasteiger partial charge on any atom is 0.223 e. The molecule has 5 heteroatoms. The average molecular weight is 210 g/mol. The molecule has 0 amide bonds. The third kappa shape index (κ3) is 1.98. The van der Waals surface area contributed by atoms with Crippen LogP contribution in [0.5, 0.6) is 5.75 Å². The van der Waals surface area contributed by atoms with Crippen LogP contribution in [0.1, 0.15) is 0 Å². The van der Waals surface area contributed by atoms with Gasteiger partial charge < -0.3 is 9.67 Å². The van der Waals surface area contributed by atoms with Crippen LogP contribution in [-0.4, -0.2) is 27.0 Å². The molecule has 0 spiro atoms. The van der Waals surface area contributed by atoms with Gasteiger partial charge in [-0.15, -0.1) is 11.8 Å². The molecule has 0 radical (unpaired) electrons. The summed E-state index contributed by atoms with van der Waals surface area (Å²) < 4.78 is 1.76. The summed E-state index contributed by atoms with van der Waals surface area (Å²) in [5, 5.41) is 10.2. The van der Waals surface area contributed by atoms with Gasteiger partial charge in [0.2, 0.25) is 5.43 Å². The molecular weight excluding hydrogens is 200 g/mol. The molecule has 4 nitrogen and oxygen atoms in total. The van der Waals surface area contributed by atoms with Crippen molar-refractivity contribution in [3.8, 4) is 5.75 Å². The van der Waals surface area contributed by atoms with E-state index >= 15 is 0 Å². The summed E-state index contributed by atoms with van der Waals surface area (Å²) >= 11 is 1.72. The Kier molecular flexibility index (Phi) is 2.58. The molecule has 0 aromatic carbocycles. The van der Waals surface area contributed by atoms with E-state index in [0.29, 0.717) is 6.54 Å². The number of aliphatic imine (C=N–C) groups is 1. The molecule has 14 heavy (non-hydrogen) atoms. The molecule has 0 saturated heterocycles. The van der Waals surface area contributed by atoms with Crippen LogP contribution in [-0.2, 0) is 6.54 Å². The minimum Gasteiger partial charge on any atom is -0.503 e. The molecule has 74 valence electrons. The first-order valence-electron chi connectivity index (χ1n) is 4.31. The van der Waals surface area contributed by atoms with Gasteiger partial charge in [0.15, 0.2) is 5.75 Å². The van der Waals surface area contributed by atoms with Crippen molar-refractivity contribution in [2.75, 3.05) is 12.3 Å². The summed E-state index contributed by atoms with van der Waals surface area (Å²) in [6.45, 7) is 1.50. The molecule has 2 rings (SSSR count). The van der Waals surface area contributed by atoms with Gasteiger partial charge in [0.1, 0.15) is 0 Å². The van der Waals surface area contributed by atoms with Gasteiger partial charge >= 0.3 is 0 Å². The second-order valence-corrected chi connectivity index (χ2v) is 4.16. The molecule has 1 aromatic rings. The number of pyridine rings is 1. The molecule has 0 atom stereocenters. The quantitative estimate of drug-likeness (QED) is 0.781. The van der Waals surface area contributed by atoms with E-state index in [1.807, 2.05) is 0 Å². The number of thioether (sulfide) groups is 1. The summed E-state index contributed by atoms with van der Waals surface area (Å²) in [4.78, 5) is 15.2. The van der Waals surface area contributed by atoms with E-state index in [9.17, 15) is 9.90 Å². The monoisotopic (exact) mass is 210 g/mol. The standard InChI is InChI=1S/C9H10N2O2S/c12-7-1-3-11(5-8(7)13)6-9-10-2-4-14-9/h1,3,5,13H,2,4,6H2. The lowest BCUT2D eigenvalue weighted by Gasteiger charge is -2.05. The lowest BCUT2D eigenvalue weighted by Crippen LogP contribution is -2.09. The van der Waals surface area contributed by atoms with Crippen molar-refractivity contribution >= 4 is 16.8 Å². The van der Waals surface area contributed by atoms with Crippen LogP contribution in [0, 0.1) is 0 Å². The molecule has 1 aliphatic rings. The zero-order valence-electron chi connectivity index (χ0n) is 7.51. The van der Waals surface area contributed by atoms with E-state index in [4.69, 9.17) is 0 Å². The minimum atomic E-state index is -0.345. The van der Waals surface area contributed by atoms with E-state index in [2.05, 4.69) is 4.99 Å². The van der Waals surface area contributed by atoms with Crippen molar-refractivity contribution in [3.05, 3.63) is 28.7 Å². The van der Waals surface area contributed by atoms with E-state index in [-0.39, 0.29) is 11.2 Å². The predicted molar refractivity (Wildman–Crippen MR) is 57.1 cm³/mol. The number of hydrogen-bond donors (Lipinski definition) is 1. The highest BCUT2D eigenvalue weighted by Crippen LogP contribution is 2.13. The largest absolute Gasteiger partial charge is 0.503 e. The Morgan fingerprint density at radius 2 is 2.50 bits per heavy atom. The highest BCUT2D eigenvalue weighted by Gasteiger charge is 2.07. The number of nitrogens with zero attached hydrogens (tertiary/aromatic N) is 2. The lowest BCUT2D eigenvalue weighted by molar-refractivity contribution is 0.463. The molecule has 0 fully saturated rings. The van der Waals surface area contributed by atoms with Crippen molar-refractivity contribution < 1.29 is 5.11 Å². The Hall–Kier alpha value is -1.23. The van der Waals surface area contributed by atoms with Crippen LogP contribution in [0.2, 0.25) is 0 Å². The van der Waals surface area contributed by atoms with Crippen LogP contribution in [0.4, 0.5) is 0 Å². The summed E-state index contributed by atoms with van der Waals surface area (Å²) in [5.74, 6) is 0.817. The van der Waals surface area contributed by atoms with Crippen molar-refractivity contribution in [3.63, 3.8) is 0 Å². The Bertz CT molecular complexity index is 425. The van der Waals surface area contributed by atoms with Gasteiger partial charge in [-0.3, -0.25) is 9.79 Å². The Morgan fingerprint density at radius 3 is 3.14 bits per heavy atom. The summed E-state index contributed by atoms with van der Waals surface area (Å²) in [5.41, 5.74) is -0.345. The van der Waals surface area contributed by atoms with Gasteiger partial charge in [0, 0.05) is 24.6 Å². The Balaban J connectivity index is 2.17. The third-order valence-corrected chi connectivity index (χ3v) is 2.90. The molecule has 0 aliphatic carbocycles. The summed E-state index contributed by atoms with van der Waals surface area (Å²) in [7, 11) is 0. The van der Waals surface area contributed by atoms with Gasteiger partial charge in [-0.2, -0.15) is 0 Å². The average Bonchev–Trinajstić information content (AvgIpc) is 2.64. The van der Waals surface area contributed by atoms with Crippen molar-refractivity contribution in [2.45, 2.75) is 6.54 Å². The zero-order valence-corrected chi connectivity index (χ0v) is 8.33. The van der Waals surface area contributed by atoms with E-state index in [1.165, 1.54) is 12.3 Å². The summed E-state index contributed by atoms with van der Waals surface area (Å²) in [6.07, 6.45) is 3.09. The van der Waals surface area contributed by atoms with Gasteiger partial charge in [-0.25, -0.2) is 0 Å². The molecule has 0 unspecified atom stereocenters. The van der Waals surface area contributed by atoms with E-state index in [0.717, 1.165) is 17.3 Å². The Labute approximate surface area is 85.3 Å². The first-order valence-corrected chi connectivity index (χ1v) is 5.29. The van der Waals surface area contributed by atoms with Crippen molar-refractivity contribution in [1.29, 1.82) is 0 Å². The molecule has 0 bridgehead atoms. The Morgan fingerprint density at radius 1 is 1.64 bits per heavy atom. The van der Waals surface area contributed by atoms with Crippen LogP contribution < -0.4 is 5.43 Å². The number of rotatable bonds is 2. The smallest absolute Gasteiger partial charge is 0.223 e. The van der Waals surface area contributed by atoms with Crippen molar-refractivity contribution in [1.82, 2.24) is 4.57 Å². The molecule has 1 aromatic heterocycles. The number of aromatic hydroxyl groups is 1. The van der Waals surface area contributed by atoms with Gasteiger partial charge in [0.25, 0.3) is 0 Å². The topological polar surface area (TPSA) is 54.6 Å². The summed E-state index contributed by atoms with van der Waals surface area (Å²) in [6, 6.07) is 1.36.